The second-order valence-electron chi connectivity index (χ2n) is 5.84. The predicted octanol–water partition coefficient (Wildman–Crippen LogP) is 4.90. The number of hydrogen-bond donors (Lipinski definition) is 2. The van der Waals surface area contributed by atoms with Crippen molar-refractivity contribution in [1.29, 1.82) is 0 Å². The third-order valence-corrected chi connectivity index (χ3v) is 3.88. The van der Waals surface area contributed by atoms with Gasteiger partial charge in [0.1, 0.15) is 17.2 Å². The summed E-state index contributed by atoms with van der Waals surface area (Å²) in [6, 6.07) is 8.92. The van der Waals surface area contributed by atoms with E-state index in [4.69, 9.17) is 10.5 Å². The smallest absolute Gasteiger partial charge is 0.418 e. The van der Waals surface area contributed by atoms with Crippen LogP contribution in [0.4, 0.5) is 34.8 Å². The number of anilines is 3. The van der Waals surface area contributed by atoms with E-state index < -0.39 is 34.5 Å². The fraction of sp³-hybridized carbons (Fsp3) is 0.158. The fourth-order valence-electron chi connectivity index (χ4n) is 2.73. The van der Waals surface area contributed by atoms with Crippen molar-refractivity contribution >= 4 is 34.1 Å². The molecule has 9 heteroatoms. The molecule has 0 atom stereocenters. The first-order valence-electron chi connectivity index (χ1n) is 8.21. The summed E-state index contributed by atoms with van der Waals surface area (Å²) >= 11 is 0. The van der Waals surface area contributed by atoms with Gasteiger partial charge in [-0.3, -0.25) is 0 Å². The Balaban J connectivity index is 2.31. The minimum atomic E-state index is -4.95. The van der Waals surface area contributed by atoms with Crippen LogP contribution in [0.2, 0.25) is 0 Å². The number of ether oxygens (including phenoxy) is 1. The Bertz CT molecular complexity index is 1030. The van der Waals surface area contributed by atoms with Crippen LogP contribution in [0, 0.1) is 5.82 Å². The third-order valence-electron chi connectivity index (χ3n) is 3.88. The molecular weight excluding hydrogens is 378 g/mol. The number of halogens is 4. The molecule has 0 saturated carbocycles. The molecule has 28 heavy (non-hydrogen) atoms. The van der Waals surface area contributed by atoms with Gasteiger partial charge in [0.15, 0.2) is 0 Å². The van der Waals surface area contributed by atoms with Crippen LogP contribution in [0.5, 0.6) is 0 Å². The number of alkyl halides is 3. The molecule has 0 unspecified atom stereocenters. The molecule has 0 aliphatic heterocycles. The summed E-state index contributed by atoms with van der Waals surface area (Å²) in [5, 5.41) is 2.17. The summed E-state index contributed by atoms with van der Waals surface area (Å²) in [4.78, 5) is 16.5. The highest BCUT2D eigenvalue weighted by Crippen LogP contribution is 2.40. The summed E-state index contributed by atoms with van der Waals surface area (Å²) < 4.78 is 60.1. The first kappa shape index (κ1) is 19.4. The first-order valence-corrected chi connectivity index (χ1v) is 8.21. The van der Waals surface area contributed by atoms with Crippen molar-refractivity contribution < 1.29 is 27.1 Å². The zero-order chi connectivity index (χ0) is 20.5. The number of nitrogens with zero attached hydrogens (tertiary/aromatic N) is 1. The summed E-state index contributed by atoms with van der Waals surface area (Å²) in [6.45, 7) is 1.32. The third kappa shape index (κ3) is 3.83. The second kappa shape index (κ2) is 7.34. The molecule has 1 aromatic heterocycles. The maximum atomic E-state index is 13.9. The Hall–Kier alpha value is -3.36. The van der Waals surface area contributed by atoms with Crippen LogP contribution >= 0.6 is 0 Å². The Labute approximate surface area is 157 Å². The molecule has 2 aromatic carbocycles. The molecule has 0 aliphatic rings. The van der Waals surface area contributed by atoms with Crippen molar-refractivity contribution in [2.24, 2.45) is 0 Å². The predicted molar refractivity (Wildman–Crippen MR) is 96.8 cm³/mol. The summed E-state index contributed by atoms with van der Waals surface area (Å²) in [7, 11) is 0. The molecule has 3 N–H and O–H groups in total. The lowest BCUT2D eigenvalue weighted by molar-refractivity contribution is -0.136. The maximum Gasteiger partial charge on any atom is 0.418 e. The monoisotopic (exact) mass is 393 g/mol. The lowest BCUT2D eigenvalue weighted by Crippen LogP contribution is -2.19. The molecule has 0 aliphatic carbocycles. The van der Waals surface area contributed by atoms with Crippen molar-refractivity contribution in [2.75, 3.05) is 17.7 Å². The van der Waals surface area contributed by atoms with E-state index in [0.29, 0.717) is 17.4 Å². The van der Waals surface area contributed by atoms with E-state index in [2.05, 4.69) is 10.3 Å². The van der Waals surface area contributed by atoms with Crippen LogP contribution in [0.25, 0.3) is 10.9 Å². The van der Waals surface area contributed by atoms with Crippen molar-refractivity contribution in [3.63, 3.8) is 0 Å². The number of fused-ring (bicyclic) bond motifs is 1. The number of esters is 1. The van der Waals surface area contributed by atoms with Crippen molar-refractivity contribution in [1.82, 2.24) is 4.98 Å². The van der Waals surface area contributed by atoms with Gasteiger partial charge >= 0.3 is 12.1 Å². The van der Waals surface area contributed by atoms with Crippen LogP contribution in [0.3, 0.4) is 0 Å². The minimum Gasteiger partial charge on any atom is -0.462 e. The zero-order valence-electron chi connectivity index (χ0n) is 14.6. The van der Waals surface area contributed by atoms with Gasteiger partial charge in [0.25, 0.3) is 0 Å². The normalized spacial score (nSPS) is 11.5. The quantitative estimate of drug-likeness (QED) is 0.375. The lowest BCUT2D eigenvalue weighted by Gasteiger charge is -2.19. The Morgan fingerprint density at radius 3 is 2.46 bits per heavy atom. The SMILES string of the molecule is CCOC(=O)c1c(Nc2ccc(N)cc2)nc2ccc(F)cc2c1C(F)(F)F. The fourth-order valence-corrected chi connectivity index (χ4v) is 2.73. The van der Waals surface area contributed by atoms with Gasteiger partial charge in [-0.25, -0.2) is 14.2 Å². The van der Waals surface area contributed by atoms with Gasteiger partial charge < -0.3 is 15.8 Å². The summed E-state index contributed by atoms with van der Waals surface area (Å²) in [6.07, 6.45) is -4.95. The van der Waals surface area contributed by atoms with Gasteiger partial charge in [-0.1, -0.05) is 0 Å². The number of carbonyl (C=O) groups is 1. The Morgan fingerprint density at radius 1 is 1.18 bits per heavy atom. The van der Waals surface area contributed by atoms with Crippen molar-refractivity contribution in [2.45, 2.75) is 13.1 Å². The minimum absolute atomic E-state index is 0.125. The van der Waals surface area contributed by atoms with E-state index >= 15 is 0 Å². The van der Waals surface area contributed by atoms with Crippen LogP contribution < -0.4 is 11.1 Å². The van der Waals surface area contributed by atoms with E-state index in [1.165, 1.54) is 31.2 Å². The molecule has 3 rings (SSSR count). The lowest BCUT2D eigenvalue weighted by atomic mass is 10.0. The maximum absolute atomic E-state index is 13.9. The van der Waals surface area contributed by atoms with E-state index in [0.717, 1.165) is 12.1 Å². The molecule has 1 heterocycles. The number of nitrogens with one attached hydrogen (secondary N) is 1. The van der Waals surface area contributed by atoms with Crippen molar-refractivity contribution in [3.8, 4) is 0 Å². The van der Waals surface area contributed by atoms with Crippen LogP contribution in [-0.2, 0) is 10.9 Å². The number of benzene rings is 2. The van der Waals surface area contributed by atoms with E-state index in [1.54, 1.807) is 0 Å². The molecule has 5 nitrogen and oxygen atoms in total. The molecule has 0 bridgehead atoms. The molecule has 0 radical (unpaired) electrons. The zero-order valence-corrected chi connectivity index (χ0v) is 14.6. The Kier molecular flexibility index (Phi) is 5.08. The van der Waals surface area contributed by atoms with Crippen LogP contribution in [0.15, 0.2) is 42.5 Å². The second-order valence-corrected chi connectivity index (χ2v) is 5.84. The van der Waals surface area contributed by atoms with Gasteiger partial charge in [0.05, 0.1) is 17.7 Å². The standard InChI is InChI=1S/C19H15F4N3O2/c1-2-28-18(27)15-16(19(21,22)23)13-9-10(20)3-8-14(13)26-17(15)25-12-6-4-11(24)5-7-12/h3-9H,2,24H2,1H3,(H,25,26). The highest BCUT2D eigenvalue weighted by Gasteiger charge is 2.40. The molecule has 146 valence electrons. The van der Waals surface area contributed by atoms with Gasteiger partial charge in [-0.05, 0) is 49.4 Å². The first-order chi connectivity index (χ1) is 13.2. The van der Waals surface area contributed by atoms with Crippen molar-refractivity contribution in [3.05, 3.63) is 59.4 Å². The highest BCUT2D eigenvalue weighted by atomic mass is 19.4. The number of rotatable bonds is 4. The molecule has 0 saturated heterocycles. The summed E-state index contributed by atoms with van der Waals surface area (Å²) in [5.41, 5.74) is 4.17. The number of nitrogens with two attached hydrogens (primary N) is 1. The average molecular weight is 393 g/mol. The van der Waals surface area contributed by atoms with E-state index in [9.17, 15) is 22.4 Å². The molecule has 0 amide bonds. The number of aromatic nitrogens is 1. The van der Waals surface area contributed by atoms with Gasteiger partial charge in [0, 0.05) is 16.8 Å². The van der Waals surface area contributed by atoms with E-state index in [1.807, 2.05) is 0 Å². The molecule has 0 spiro atoms. The highest BCUT2D eigenvalue weighted by molar-refractivity contribution is 6.03. The number of nitrogen functional groups attached to an aromatic ring is 1. The molecule has 3 aromatic rings. The molecule has 0 fully saturated rings. The van der Waals surface area contributed by atoms with Gasteiger partial charge in [-0.15, -0.1) is 0 Å². The number of hydrogen-bond acceptors (Lipinski definition) is 5. The largest absolute Gasteiger partial charge is 0.462 e. The molecular formula is C19H15F4N3O2. The topological polar surface area (TPSA) is 77.2 Å². The van der Waals surface area contributed by atoms with Crippen LogP contribution in [0.1, 0.15) is 22.8 Å². The number of pyridine rings is 1. The van der Waals surface area contributed by atoms with Gasteiger partial charge in [-0.2, -0.15) is 13.2 Å². The van der Waals surface area contributed by atoms with E-state index in [-0.39, 0.29) is 17.9 Å². The number of carbonyl (C=O) groups excluding carboxylic acids is 1. The van der Waals surface area contributed by atoms with Crippen LogP contribution in [-0.4, -0.2) is 17.6 Å². The average Bonchev–Trinajstić information content (AvgIpc) is 2.62. The summed E-state index contributed by atoms with van der Waals surface area (Å²) in [5.74, 6) is -2.45. The van der Waals surface area contributed by atoms with Gasteiger partial charge in [0.2, 0.25) is 0 Å². The Morgan fingerprint density at radius 2 is 1.86 bits per heavy atom.